The smallest absolute Gasteiger partial charge is 0.145 e. The van der Waals surface area contributed by atoms with Gasteiger partial charge in [-0.3, -0.25) is 4.90 Å². The van der Waals surface area contributed by atoms with Gasteiger partial charge < -0.3 is 4.74 Å². The molecule has 3 aromatic heterocycles. The summed E-state index contributed by atoms with van der Waals surface area (Å²) in [6.45, 7) is 14.2. The molecule has 0 amide bonds. The van der Waals surface area contributed by atoms with Crippen molar-refractivity contribution in [2.45, 2.75) is 51.2 Å². The van der Waals surface area contributed by atoms with Gasteiger partial charge in [0.25, 0.3) is 0 Å². The number of hydrogen-bond donors (Lipinski definition) is 0. The molecule has 3 aromatic rings. The topological polar surface area (TPSA) is 74.9 Å². The Kier molecular flexibility index (Phi) is 6.07. The molecular weight excluding hydrogens is 414 g/mol. The van der Waals surface area contributed by atoms with Crippen LogP contribution in [0.3, 0.4) is 0 Å². The summed E-state index contributed by atoms with van der Waals surface area (Å²) in [7, 11) is 0. The van der Waals surface area contributed by atoms with E-state index in [0.717, 1.165) is 69.2 Å². The van der Waals surface area contributed by atoms with Crippen LogP contribution in [0.15, 0.2) is 10.1 Å². The van der Waals surface area contributed by atoms with Crippen molar-refractivity contribution in [1.82, 2.24) is 19.9 Å². The zero-order valence-corrected chi connectivity index (χ0v) is 19.6. The van der Waals surface area contributed by atoms with E-state index in [1.165, 1.54) is 22.2 Å². The number of nitriles is 1. The zero-order chi connectivity index (χ0) is 21.4. The second-order valence-electron chi connectivity index (χ2n) is 7.64. The number of pyridine rings is 1. The molecule has 0 unspecified atom stereocenters. The van der Waals surface area contributed by atoms with E-state index in [1.54, 1.807) is 11.3 Å². The molecule has 8 heteroatoms. The molecule has 156 valence electrons. The maximum Gasteiger partial charge on any atom is 0.145 e. The minimum absolute atomic E-state index is 0.634. The van der Waals surface area contributed by atoms with Gasteiger partial charge in [-0.2, -0.15) is 5.26 Å². The predicted molar refractivity (Wildman–Crippen MR) is 120 cm³/mol. The van der Waals surface area contributed by atoms with Gasteiger partial charge in [0.15, 0.2) is 0 Å². The average Bonchev–Trinajstić information content (AvgIpc) is 3.01. The van der Waals surface area contributed by atoms with Crippen molar-refractivity contribution in [3.05, 3.63) is 38.6 Å². The van der Waals surface area contributed by atoms with Crippen molar-refractivity contribution >= 4 is 33.3 Å². The van der Waals surface area contributed by atoms with Gasteiger partial charge >= 0.3 is 0 Å². The molecule has 1 aliphatic heterocycles. The monoisotopic (exact) mass is 439 g/mol. The van der Waals surface area contributed by atoms with E-state index < -0.39 is 0 Å². The molecule has 0 bridgehead atoms. The number of fused-ring (bicyclic) bond motifs is 1. The van der Waals surface area contributed by atoms with Crippen LogP contribution < -0.4 is 0 Å². The van der Waals surface area contributed by atoms with Gasteiger partial charge in [0.05, 0.1) is 25.3 Å². The van der Waals surface area contributed by atoms with Crippen molar-refractivity contribution < 1.29 is 4.74 Å². The lowest BCUT2D eigenvalue weighted by molar-refractivity contribution is 0.0330. The van der Waals surface area contributed by atoms with Gasteiger partial charge in [-0.05, 0) is 63.1 Å². The molecule has 0 aromatic carbocycles. The summed E-state index contributed by atoms with van der Waals surface area (Å²) in [6, 6.07) is 2.35. The summed E-state index contributed by atoms with van der Waals surface area (Å²) >= 11 is 3.19. The fraction of sp³-hybridized carbons (Fsp3) is 0.455. The first-order chi connectivity index (χ1) is 14.4. The Hall–Kier alpha value is -2.05. The quantitative estimate of drug-likeness (QED) is 0.555. The fourth-order valence-corrected chi connectivity index (χ4v) is 5.85. The second-order valence-corrected chi connectivity index (χ2v) is 9.82. The Morgan fingerprint density at radius 3 is 2.43 bits per heavy atom. The number of nitrogens with zero attached hydrogens (tertiary/aromatic N) is 5. The third kappa shape index (κ3) is 3.95. The van der Waals surface area contributed by atoms with Crippen LogP contribution in [0.2, 0.25) is 0 Å². The molecule has 0 spiro atoms. The Morgan fingerprint density at radius 2 is 1.73 bits per heavy atom. The largest absolute Gasteiger partial charge is 0.379 e. The molecule has 1 saturated heterocycles. The van der Waals surface area contributed by atoms with Gasteiger partial charge in [-0.25, -0.2) is 15.0 Å². The van der Waals surface area contributed by atoms with E-state index in [4.69, 9.17) is 19.7 Å². The molecule has 0 saturated carbocycles. The van der Waals surface area contributed by atoms with Crippen molar-refractivity contribution in [2.75, 3.05) is 26.3 Å². The van der Waals surface area contributed by atoms with E-state index in [0.29, 0.717) is 12.1 Å². The van der Waals surface area contributed by atoms with E-state index in [9.17, 15) is 5.26 Å². The lowest BCUT2D eigenvalue weighted by Gasteiger charge is -2.25. The van der Waals surface area contributed by atoms with Crippen LogP contribution >= 0.6 is 23.1 Å². The normalized spacial score (nSPS) is 14.9. The lowest BCUT2D eigenvalue weighted by Crippen LogP contribution is -2.36. The summed E-state index contributed by atoms with van der Waals surface area (Å²) in [5.41, 5.74) is 4.85. The van der Waals surface area contributed by atoms with Gasteiger partial charge in [0.1, 0.15) is 26.8 Å². The second kappa shape index (κ2) is 8.60. The highest BCUT2D eigenvalue weighted by Gasteiger charge is 2.21. The summed E-state index contributed by atoms with van der Waals surface area (Å²) < 4.78 is 5.46. The molecule has 0 N–H and O–H groups in total. The van der Waals surface area contributed by atoms with Crippen LogP contribution in [0.5, 0.6) is 0 Å². The summed E-state index contributed by atoms with van der Waals surface area (Å²) in [5, 5.41) is 12.5. The van der Waals surface area contributed by atoms with Crippen LogP contribution in [0.4, 0.5) is 0 Å². The molecule has 0 aliphatic carbocycles. The number of morpholine rings is 1. The van der Waals surface area contributed by atoms with Crippen LogP contribution in [0.25, 0.3) is 10.2 Å². The van der Waals surface area contributed by atoms with Crippen LogP contribution in [0.1, 0.15) is 38.6 Å². The molecule has 1 fully saturated rings. The number of aryl methyl sites for hydroxylation is 3. The number of aromatic nitrogens is 3. The molecular formula is C22H25N5OS2. The number of ether oxygens (including phenoxy) is 1. The van der Waals surface area contributed by atoms with E-state index >= 15 is 0 Å². The molecule has 6 nitrogen and oxygen atoms in total. The Labute approximate surface area is 185 Å². The molecule has 30 heavy (non-hydrogen) atoms. The first kappa shape index (κ1) is 21.2. The number of hydrogen-bond acceptors (Lipinski definition) is 8. The Bertz CT molecular complexity index is 1160. The minimum Gasteiger partial charge on any atom is -0.379 e. The van der Waals surface area contributed by atoms with Crippen LogP contribution in [-0.4, -0.2) is 46.2 Å². The van der Waals surface area contributed by atoms with Crippen LogP contribution in [0, 0.1) is 45.9 Å². The average molecular weight is 440 g/mol. The molecule has 0 atom stereocenters. The van der Waals surface area contributed by atoms with E-state index in [1.807, 2.05) is 20.8 Å². The van der Waals surface area contributed by atoms with Crippen molar-refractivity contribution in [3.63, 3.8) is 0 Å². The van der Waals surface area contributed by atoms with E-state index in [2.05, 4.69) is 24.8 Å². The highest BCUT2D eigenvalue weighted by molar-refractivity contribution is 7.99. The third-order valence-corrected chi connectivity index (χ3v) is 7.86. The summed E-state index contributed by atoms with van der Waals surface area (Å²) in [5.74, 6) is 0.812. The highest BCUT2D eigenvalue weighted by atomic mass is 32.2. The molecule has 0 radical (unpaired) electrons. The van der Waals surface area contributed by atoms with Gasteiger partial charge in [-0.1, -0.05) is 0 Å². The Balaban J connectivity index is 1.80. The first-order valence-corrected chi connectivity index (χ1v) is 11.6. The number of thiophene rings is 1. The minimum atomic E-state index is 0.634. The van der Waals surface area contributed by atoms with Crippen molar-refractivity contribution in [1.29, 1.82) is 5.26 Å². The maximum absolute atomic E-state index is 9.78. The van der Waals surface area contributed by atoms with E-state index in [-0.39, 0.29) is 0 Å². The zero-order valence-electron chi connectivity index (χ0n) is 18.0. The molecule has 4 rings (SSSR count). The molecule has 4 heterocycles. The van der Waals surface area contributed by atoms with Gasteiger partial charge in [0, 0.05) is 29.0 Å². The summed E-state index contributed by atoms with van der Waals surface area (Å²) in [6.07, 6.45) is 0. The molecule has 1 aliphatic rings. The van der Waals surface area contributed by atoms with Crippen LogP contribution in [-0.2, 0) is 11.3 Å². The Morgan fingerprint density at radius 1 is 1.00 bits per heavy atom. The first-order valence-electron chi connectivity index (χ1n) is 10.0. The lowest BCUT2D eigenvalue weighted by atomic mass is 10.1. The van der Waals surface area contributed by atoms with Gasteiger partial charge in [0.2, 0.25) is 0 Å². The summed E-state index contributed by atoms with van der Waals surface area (Å²) in [4.78, 5) is 19.1. The maximum atomic E-state index is 9.78. The van der Waals surface area contributed by atoms with Crippen molar-refractivity contribution in [2.24, 2.45) is 0 Å². The predicted octanol–water partition coefficient (Wildman–Crippen LogP) is 4.48. The SMILES string of the molecule is Cc1nc(Sc2nc(CN3CCOCC3)nc3sc(C)c(C)c23)c(C#N)c(C)c1C. The van der Waals surface area contributed by atoms with Gasteiger partial charge in [-0.15, -0.1) is 11.3 Å². The standard InChI is InChI=1S/C22H25N5OS2/c1-12-13(2)17(10-23)20(24-15(12)4)30-22-19-14(3)16(5)29-21(19)25-18(26-22)11-27-6-8-28-9-7-27/h6-9,11H2,1-5H3. The fourth-order valence-electron chi connectivity index (χ4n) is 3.57. The number of rotatable bonds is 4. The highest BCUT2D eigenvalue weighted by Crippen LogP contribution is 2.39. The van der Waals surface area contributed by atoms with Crippen molar-refractivity contribution in [3.8, 4) is 6.07 Å². The third-order valence-electron chi connectivity index (χ3n) is 5.78.